The Morgan fingerprint density at radius 3 is 2.21 bits per heavy atom. The van der Waals surface area contributed by atoms with E-state index in [1.807, 2.05) is 6.07 Å². The summed E-state index contributed by atoms with van der Waals surface area (Å²) >= 11 is 0. The molecule has 3 aromatic rings. The first-order valence-corrected chi connectivity index (χ1v) is 10.6. The number of carbonyl (C=O) groups excluding carboxylic acids is 2. The van der Waals surface area contributed by atoms with Gasteiger partial charge < -0.3 is 14.2 Å². The van der Waals surface area contributed by atoms with E-state index in [0.29, 0.717) is 50.2 Å². The number of benzene rings is 2. The summed E-state index contributed by atoms with van der Waals surface area (Å²) in [5.41, 5.74) is 0.564. The van der Waals surface area contributed by atoms with E-state index in [1.165, 1.54) is 21.6 Å². The van der Waals surface area contributed by atoms with Crippen molar-refractivity contribution in [2.45, 2.75) is 25.6 Å². The fourth-order valence-corrected chi connectivity index (χ4v) is 3.92. The number of aromatic nitrogens is 1. The third-order valence-corrected chi connectivity index (χ3v) is 5.72. The molecule has 1 aliphatic rings. The molecule has 0 bridgehead atoms. The maximum atomic E-state index is 12.7. The lowest BCUT2D eigenvalue weighted by molar-refractivity contribution is -0.137. The maximum Gasteiger partial charge on any atom is 0.419 e. The van der Waals surface area contributed by atoms with Crippen molar-refractivity contribution < 1.29 is 27.2 Å². The monoisotopic (exact) mass is 461 g/mol. The molecule has 2 aromatic carbocycles. The van der Waals surface area contributed by atoms with Gasteiger partial charge in [-0.2, -0.15) is 13.2 Å². The van der Waals surface area contributed by atoms with Crippen molar-refractivity contribution in [3.8, 4) is 0 Å². The first kappa shape index (κ1) is 22.6. The zero-order chi connectivity index (χ0) is 23.6. The van der Waals surface area contributed by atoms with Crippen molar-refractivity contribution in [2.75, 3.05) is 26.2 Å². The Hall–Kier alpha value is -3.56. The largest absolute Gasteiger partial charge is 0.419 e. The zero-order valence-corrected chi connectivity index (χ0v) is 17.7. The molecule has 4 rings (SSSR count). The third kappa shape index (κ3) is 4.94. The number of hydrogen-bond acceptors (Lipinski definition) is 4. The van der Waals surface area contributed by atoms with Crippen LogP contribution < -0.4 is 5.76 Å². The molecule has 0 unspecified atom stereocenters. The van der Waals surface area contributed by atoms with Crippen LogP contribution in [0.3, 0.4) is 0 Å². The standard InChI is InChI=1S/C23H22F3N3O4/c24-23(25,26)17-9-7-16(8-10-17)21(31)28-14-12-27(13-15-28)20(30)6-3-11-29-18-4-1-2-5-19(18)33-22(29)32/h1-2,4-5,7-10H,3,6,11-15H2. The van der Waals surface area contributed by atoms with Crippen LogP contribution in [0.2, 0.25) is 0 Å². The van der Waals surface area contributed by atoms with Gasteiger partial charge in [-0.05, 0) is 42.8 Å². The van der Waals surface area contributed by atoms with Gasteiger partial charge in [0.2, 0.25) is 5.91 Å². The van der Waals surface area contributed by atoms with Gasteiger partial charge in [0.1, 0.15) is 0 Å². The van der Waals surface area contributed by atoms with Crippen LogP contribution in [0.4, 0.5) is 13.2 Å². The van der Waals surface area contributed by atoms with E-state index in [-0.39, 0.29) is 23.8 Å². The predicted octanol–water partition coefficient (Wildman–Crippen LogP) is 3.38. The number of oxazole rings is 1. The van der Waals surface area contributed by atoms with Crippen LogP contribution in [-0.2, 0) is 17.5 Å². The molecular weight excluding hydrogens is 439 g/mol. The Labute approximate surface area is 187 Å². The highest BCUT2D eigenvalue weighted by molar-refractivity contribution is 5.94. The number of aryl methyl sites for hydroxylation is 1. The average molecular weight is 461 g/mol. The van der Waals surface area contributed by atoms with E-state index in [2.05, 4.69) is 0 Å². The molecule has 1 aromatic heterocycles. The molecule has 0 radical (unpaired) electrons. The molecule has 1 saturated heterocycles. The minimum Gasteiger partial charge on any atom is -0.408 e. The highest BCUT2D eigenvalue weighted by atomic mass is 19.4. The zero-order valence-electron chi connectivity index (χ0n) is 17.7. The molecule has 10 heteroatoms. The molecule has 2 amide bonds. The normalized spacial score (nSPS) is 14.6. The summed E-state index contributed by atoms with van der Waals surface area (Å²) in [5.74, 6) is -0.890. The van der Waals surface area contributed by atoms with Gasteiger partial charge in [0, 0.05) is 44.7 Å². The lowest BCUT2D eigenvalue weighted by Gasteiger charge is -2.35. The quantitative estimate of drug-likeness (QED) is 0.584. The smallest absolute Gasteiger partial charge is 0.408 e. The number of hydrogen-bond donors (Lipinski definition) is 0. The second-order valence-corrected chi connectivity index (χ2v) is 7.84. The minimum atomic E-state index is -4.45. The number of fused-ring (bicyclic) bond motifs is 1. The molecule has 0 spiro atoms. The fraction of sp³-hybridized carbons (Fsp3) is 0.348. The van der Waals surface area contributed by atoms with Crippen LogP contribution in [0, 0.1) is 0 Å². The van der Waals surface area contributed by atoms with E-state index < -0.39 is 17.5 Å². The summed E-state index contributed by atoms with van der Waals surface area (Å²) in [4.78, 5) is 40.3. The summed E-state index contributed by atoms with van der Waals surface area (Å²) in [6, 6.07) is 11.2. The fourth-order valence-electron chi connectivity index (χ4n) is 3.92. The van der Waals surface area contributed by atoms with Gasteiger partial charge in [0.05, 0.1) is 11.1 Å². The predicted molar refractivity (Wildman–Crippen MR) is 114 cm³/mol. The number of nitrogens with zero attached hydrogens (tertiary/aromatic N) is 3. The summed E-state index contributed by atoms with van der Waals surface area (Å²) in [6.45, 7) is 1.66. The Kier molecular flexibility index (Phi) is 6.26. The molecule has 0 aliphatic carbocycles. The Bertz CT molecular complexity index is 1210. The Morgan fingerprint density at radius 1 is 0.909 bits per heavy atom. The van der Waals surface area contributed by atoms with E-state index in [4.69, 9.17) is 4.42 Å². The van der Waals surface area contributed by atoms with Gasteiger partial charge in [0.15, 0.2) is 5.58 Å². The Balaban J connectivity index is 1.27. The number of para-hydroxylation sites is 2. The van der Waals surface area contributed by atoms with Crippen molar-refractivity contribution in [3.63, 3.8) is 0 Å². The first-order valence-electron chi connectivity index (χ1n) is 10.6. The number of alkyl halides is 3. The second-order valence-electron chi connectivity index (χ2n) is 7.84. The van der Waals surface area contributed by atoms with Gasteiger partial charge in [-0.15, -0.1) is 0 Å². The van der Waals surface area contributed by atoms with E-state index >= 15 is 0 Å². The summed E-state index contributed by atoms with van der Waals surface area (Å²) in [6.07, 6.45) is -3.74. The van der Waals surface area contributed by atoms with Gasteiger partial charge >= 0.3 is 11.9 Å². The molecule has 1 aliphatic heterocycles. The van der Waals surface area contributed by atoms with Crippen molar-refractivity contribution in [1.82, 2.24) is 14.4 Å². The van der Waals surface area contributed by atoms with E-state index in [9.17, 15) is 27.6 Å². The molecule has 0 saturated carbocycles. The molecule has 1 fully saturated rings. The van der Waals surface area contributed by atoms with Gasteiger partial charge in [0.25, 0.3) is 5.91 Å². The molecule has 174 valence electrons. The lowest BCUT2D eigenvalue weighted by Crippen LogP contribution is -2.50. The van der Waals surface area contributed by atoms with Crippen LogP contribution in [-0.4, -0.2) is 52.4 Å². The molecule has 2 heterocycles. The molecule has 7 nitrogen and oxygen atoms in total. The number of halogens is 3. The van der Waals surface area contributed by atoms with Gasteiger partial charge in [-0.1, -0.05) is 12.1 Å². The van der Waals surface area contributed by atoms with Crippen molar-refractivity contribution in [1.29, 1.82) is 0 Å². The summed E-state index contributed by atoms with van der Waals surface area (Å²) in [5, 5.41) is 0. The lowest BCUT2D eigenvalue weighted by atomic mass is 10.1. The van der Waals surface area contributed by atoms with Gasteiger partial charge in [-0.3, -0.25) is 14.2 Å². The molecule has 0 atom stereocenters. The Morgan fingerprint density at radius 2 is 1.55 bits per heavy atom. The highest BCUT2D eigenvalue weighted by Gasteiger charge is 2.31. The summed E-state index contributed by atoms with van der Waals surface area (Å²) < 4.78 is 44.8. The van der Waals surface area contributed by atoms with E-state index in [0.717, 1.165) is 12.1 Å². The van der Waals surface area contributed by atoms with Crippen LogP contribution >= 0.6 is 0 Å². The maximum absolute atomic E-state index is 12.7. The van der Waals surface area contributed by atoms with Crippen molar-refractivity contribution in [2.24, 2.45) is 0 Å². The van der Waals surface area contributed by atoms with E-state index in [1.54, 1.807) is 23.1 Å². The topological polar surface area (TPSA) is 75.8 Å². The molecular formula is C23H22F3N3O4. The van der Waals surface area contributed by atoms with Crippen LogP contribution in [0.15, 0.2) is 57.7 Å². The van der Waals surface area contributed by atoms with Crippen molar-refractivity contribution in [3.05, 3.63) is 70.2 Å². The molecule has 33 heavy (non-hydrogen) atoms. The molecule has 0 N–H and O–H groups in total. The number of rotatable bonds is 5. The van der Waals surface area contributed by atoms with Gasteiger partial charge in [-0.25, -0.2) is 4.79 Å². The van der Waals surface area contributed by atoms with Crippen LogP contribution in [0.25, 0.3) is 11.1 Å². The highest BCUT2D eigenvalue weighted by Crippen LogP contribution is 2.29. The number of piperazine rings is 1. The third-order valence-electron chi connectivity index (χ3n) is 5.72. The van der Waals surface area contributed by atoms with Crippen LogP contribution in [0.5, 0.6) is 0 Å². The average Bonchev–Trinajstić information content (AvgIpc) is 3.13. The second kappa shape index (κ2) is 9.13. The number of carbonyl (C=O) groups is 2. The minimum absolute atomic E-state index is 0.0718. The summed E-state index contributed by atoms with van der Waals surface area (Å²) in [7, 11) is 0. The number of amides is 2. The van der Waals surface area contributed by atoms with Crippen LogP contribution in [0.1, 0.15) is 28.8 Å². The van der Waals surface area contributed by atoms with Crippen molar-refractivity contribution >= 4 is 22.9 Å². The SMILES string of the molecule is O=C(CCCn1c(=O)oc2ccccc21)N1CCN(C(=O)c2ccc(C(F)(F)F)cc2)CC1. The first-order chi connectivity index (χ1) is 15.7.